The van der Waals surface area contributed by atoms with Gasteiger partial charge >= 0.3 is 6.09 Å². The van der Waals surface area contributed by atoms with E-state index in [1.807, 2.05) is 45.9 Å². The standard InChI is InChI=1S/C41H55N5O10S.3H2/c1-6-40(5,7-2)56-39(50)43-33-25(4)20-24(3)10-8-9-11-26-22-41(26,38(49)45-57(51,52)28-12-13-28)44-35(47)31-21-27(23-46(31)37(33)48)55-36-30-14-15-32-34(54-19-18-53-32)29(30)16-17-42-36;;;/h9,11,14-17,24-28,31,33H,6-8,10,12-13,18-23H2,1-5H3,(H,43,50)(H,44,47)(H,45,49);3*1H/b11-9-;;;/t24-,25+,26+,27+,31-,33-,41+;;;/m0.../s1. The van der Waals surface area contributed by atoms with Crippen LogP contribution in [0, 0.1) is 17.8 Å². The summed E-state index contributed by atoms with van der Waals surface area (Å²) in [6, 6.07) is 3.23. The van der Waals surface area contributed by atoms with E-state index in [0.29, 0.717) is 68.6 Å². The smallest absolute Gasteiger partial charge is 0.408 e. The number of rotatable bonds is 9. The van der Waals surface area contributed by atoms with E-state index >= 15 is 0 Å². The Morgan fingerprint density at radius 1 is 1.07 bits per heavy atom. The topological polar surface area (TPSA) is 192 Å². The Bertz CT molecular complexity index is 2050. The van der Waals surface area contributed by atoms with Crippen LogP contribution in [0.5, 0.6) is 17.4 Å². The Hall–Kier alpha value is -4.60. The minimum absolute atomic E-state index is 0. The van der Waals surface area contributed by atoms with Crippen LogP contribution < -0.4 is 29.6 Å². The molecular weight excluding hydrogens is 755 g/mol. The molecule has 0 spiro atoms. The van der Waals surface area contributed by atoms with Gasteiger partial charge in [0.25, 0.3) is 5.91 Å². The van der Waals surface area contributed by atoms with E-state index in [9.17, 15) is 27.6 Å². The van der Waals surface area contributed by atoms with Crippen LogP contribution in [0.15, 0.2) is 36.5 Å². The summed E-state index contributed by atoms with van der Waals surface area (Å²) in [6.07, 6.45) is 8.34. The Morgan fingerprint density at radius 2 is 1.82 bits per heavy atom. The molecule has 57 heavy (non-hydrogen) atoms. The summed E-state index contributed by atoms with van der Waals surface area (Å²) in [4.78, 5) is 62.8. The first-order valence-corrected chi connectivity index (χ1v) is 21.9. The van der Waals surface area contributed by atoms with Crippen molar-refractivity contribution < 1.29 is 50.8 Å². The lowest BCUT2D eigenvalue weighted by Gasteiger charge is -2.34. The van der Waals surface area contributed by atoms with Crippen LogP contribution in [0.4, 0.5) is 4.79 Å². The highest BCUT2D eigenvalue weighted by molar-refractivity contribution is 7.91. The fraction of sp³-hybridized carbons (Fsp3) is 0.634. The monoisotopic (exact) mass is 815 g/mol. The summed E-state index contributed by atoms with van der Waals surface area (Å²) in [5.74, 6) is -1.10. The molecule has 1 aromatic heterocycles. The van der Waals surface area contributed by atoms with Crippen LogP contribution in [0.25, 0.3) is 10.8 Å². The first-order chi connectivity index (χ1) is 27.2. The fourth-order valence-corrected chi connectivity index (χ4v) is 9.63. The molecule has 0 unspecified atom stereocenters. The number of carbonyl (C=O) groups is 4. The Labute approximate surface area is 338 Å². The number of aromatic nitrogens is 1. The lowest BCUT2D eigenvalue weighted by Crippen LogP contribution is -2.59. The lowest BCUT2D eigenvalue weighted by molar-refractivity contribution is -0.142. The first-order valence-electron chi connectivity index (χ1n) is 20.4. The molecule has 15 nitrogen and oxygen atoms in total. The lowest BCUT2D eigenvalue weighted by atomic mass is 9.88. The molecule has 2 saturated carbocycles. The van der Waals surface area contributed by atoms with E-state index in [0.717, 1.165) is 11.8 Å². The number of ether oxygens (including phenoxy) is 4. The summed E-state index contributed by atoms with van der Waals surface area (Å²) >= 11 is 0. The highest BCUT2D eigenvalue weighted by Gasteiger charge is 2.62. The van der Waals surface area contributed by atoms with Gasteiger partial charge in [0.1, 0.15) is 42.5 Å². The molecule has 3 N–H and O–H groups in total. The number of carbonyl (C=O) groups excluding carboxylic acids is 4. The molecule has 1 saturated heterocycles. The predicted molar refractivity (Wildman–Crippen MR) is 216 cm³/mol. The number of fused-ring (bicyclic) bond motifs is 5. The second-order valence-corrected chi connectivity index (χ2v) is 18.7. The SMILES string of the molecule is CCC(C)(CC)OC(=O)N[C@@H]1C(=O)N2C[C@H](Oc3nccc4c5c(ccc34)OCCO5)C[C@H]2C(=O)N[C@]2(C(=O)NS(=O)(=O)C3CC3)C[C@H]2/C=C\CC[C@H](C)C[C@H]1C.[HH].[HH].[HH]. The molecule has 2 aromatic rings. The Balaban J connectivity index is 0.00000265. The van der Waals surface area contributed by atoms with Crippen molar-refractivity contribution in [1.29, 1.82) is 0 Å². The third-order valence-electron chi connectivity index (χ3n) is 12.4. The van der Waals surface area contributed by atoms with Gasteiger partial charge in [0.2, 0.25) is 27.7 Å². The number of sulfonamides is 1. The molecule has 3 fully saturated rings. The maximum atomic E-state index is 14.9. The highest BCUT2D eigenvalue weighted by Crippen LogP contribution is 2.46. The number of hydrogen-bond donors (Lipinski definition) is 3. The Kier molecular flexibility index (Phi) is 11.4. The Morgan fingerprint density at radius 3 is 2.56 bits per heavy atom. The van der Waals surface area contributed by atoms with Crippen LogP contribution in [0.3, 0.4) is 0 Å². The average Bonchev–Trinajstić information content (AvgIpc) is 4.12. The van der Waals surface area contributed by atoms with Gasteiger partial charge in [-0.2, -0.15) is 0 Å². The average molecular weight is 816 g/mol. The zero-order valence-electron chi connectivity index (χ0n) is 33.4. The number of benzene rings is 1. The van der Waals surface area contributed by atoms with E-state index in [4.69, 9.17) is 18.9 Å². The molecular formula is C41H61N5O10S. The fourth-order valence-electron chi connectivity index (χ4n) is 8.26. The van der Waals surface area contributed by atoms with Crippen molar-refractivity contribution in [3.63, 3.8) is 0 Å². The van der Waals surface area contributed by atoms with Crippen molar-refractivity contribution in [2.75, 3.05) is 19.8 Å². The van der Waals surface area contributed by atoms with Gasteiger partial charge in [-0.3, -0.25) is 19.1 Å². The number of nitrogens with zero attached hydrogens (tertiary/aromatic N) is 2. The zero-order chi connectivity index (χ0) is 40.7. The predicted octanol–water partition coefficient (Wildman–Crippen LogP) is 5.26. The minimum atomic E-state index is -3.91. The van der Waals surface area contributed by atoms with Crippen molar-refractivity contribution in [2.24, 2.45) is 17.8 Å². The molecule has 1 aromatic carbocycles. The number of nitrogens with one attached hydrogen (secondary N) is 3. The van der Waals surface area contributed by atoms with Gasteiger partial charge in [-0.05, 0) is 88.3 Å². The van der Waals surface area contributed by atoms with Crippen molar-refractivity contribution >= 4 is 44.6 Å². The van der Waals surface area contributed by atoms with Gasteiger partial charge < -0.3 is 34.5 Å². The van der Waals surface area contributed by atoms with E-state index in [-0.39, 0.29) is 41.4 Å². The summed E-state index contributed by atoms with van der Waals surface area (Å²) in [6.45, 7) is 10.5. The molecule has 4 amide bonds. The molecule has 0 radical (unpaired) electrons. The number of amides is 4. The normalized spacial score (nSPS) is 29.8. The summed E-state index contributed by atoms with van der Waals surface area (Å²) in [5, 5.41) is 6.54. The van der Waals surface area contributed by atoms with Crippen LogP contribution in [0.1, 0.15) is 96.7 Å². The van der Waals surface area contributed by atoms with Gasteiger partial charge in [0, 0.05) is 33.6 Å². The van der Waals surface area contributed by atoms with Crippen LogP contribution in [-0.4, -0.2) is 96.5 Å². The van der Waals surface area contributed by atoms with Gasteiger partial charge in [-0.1, -0.05) is 39.8 Å². The molecule has 3 aliphatic heterocycles. The molecule has 0 bridgehead atoms. The second kappa shape index (κ2) is 16.0. The van der Waals surface area contributed by atoms with Gasteiger partial charge in [0.15, 0.2) is 11.5 Å². The van der Waals surface area contributed by atoms with Crippen molar-refractivity contribution in [1.82, 2.24) is 25.2 Å². The summed E-state index contributed by atoms with van der Waals surface area (Å²) in [5.41, 5.74) is -2.26. The van der Waals surface area contributed by atoms with Gasteiger partial charge in [-0.15, -0.1) is 0 Å². The van der Waals surface area contributed by atoms with Crippen molar-refractivity contribution in [3.8, 4) is 17.4 Å². The number of allylic oxidation sites excluding steroid dienone is 1. The summed E-state index contributed by atoms with van der Waals surface area (Å²) in [7, 11) is -3.91. The van der Waals surface area contributed by atoms with Crippen molar-refractivity contribution in [3.05, 3.63) is 36.5 Å². The quantitative estimate of drug-likeness (QED) is 0.280. The van der Waals surface area contributed by atoms with Crippen LogP contribution in [0.2, 0.25) is 0 Å². The van der Waals surface area contributed by atoms with E-state index in [2.05, 4.69) is 27.3 Å². The van der Waals surface area contributed by atoms with E-state index in [1.165, 1.54) is 4.90 Å². The number of hydrogen-bond acceptors (Lipinski definition) is 11. The van der Waals surface area contributed by atoms with E-state index in [1.54, 1.807) is 18.3 Å². The van der Waals surface area contributed by atoms with Gasteiger partial charge in [0.05, 0.1) is 11.8 Å². The number of alkyl carbamates (subject to hydrolysis) is 1. The zero-order valence-corrected chi connectivity index (χ0v) is 34.2. The first kappa shape index (κ1) is 40.6. The second-order valence-electron chi connectivity index (χ2n) is 16.7. The van der Waals surface area contributed by atoms with Crippen LogP contribution in [-0.2, 0) is 29.1 Å². The molecule has 4 heterocycles. The molecule has 316 valence electrons. The van der Waals surface area contributed by atoms with Crippen molar-refractivity contribution in [2.45, 2.75) is 127 Å². The molecule has 7 rings (SSSR count). The molecule has 16 heteroatoms. The molecule has 7 atom stereocenters. The summed E-state index contributed by atoms with van der Waals surface area (Å²) < 4.78 is 52.2. The van der Waals surface area contributed by atoms with Crippen LogP contribution >= 0.6 is 0 Å². The maximum absolute atomic E-state index is 14.9. The minimum Gasteiger partial charge on any atom is -0.486 e. The highest BCUT2D eigenvalue weighted by atomic mass is 32.2. The molecule has 2 aliphatic carbocycles. The number of pyridine rings is 1. The largest absolute Gasteiger partial charge is 0.486 e. The third-order valence-corrected chi connectivity index (χ3v) is 14.2. The van der Waals surface area contributed by atoms with E-state index < -0.39 is 74.3 Å². The maximum Gasteiger partial charge on any atom is 0.408 e. The molecule has 5 aliphatic rings. The third kappa shape index (κ3) is 8.51. The van der Waals surface area contributed by atoms with Gasteiger partial charge in [-0.25, -0.2) is 18.2 Å².